The van der Waals surface area contributed by atoms with Crippen LogP contribution in [0.4, 0.5) is 11.4 Å². The van der Waals surface area contributed by atoms with Gasteiger partial charge in [0.05, 0.1) is 13.6 Å². The van der Waals surface area contributed by atoms with Crippen molar-refractivity contribution in [3.05, 3.63) is 60.7 Å². The van der Waals surface area contributed by atoms with Crippen molar-refractivity contribution >= 4 is 11.4 Å². The normalized spacial score (nSPS) is 23.4. The highest BCUT2D eigenvalue weighted by atomic mass is 15.4. The molecule has 1 saturated heterocycles. The number of rotatable bonds is 2. The van der Waals surface area contributed by atoms with E-state index in [-0.39, 0.29) is 0 Å². The number of quaternary nitrogens is 1. The Labute approximate surface area is 134 Å². The monoisotopic (exact) mass is 295 g/mol. The van der Waals surface area contributed by atoms with Gasteiger partial charge in [-0.2, -0.15) is 0 Å². The van der Waals surface area contributed by atoms with Gasteiger partial charge in [0.1, 0.15) is 5.69 Å². The third-order valence-electron chi connectivity index (χ3n) is 4.81. The number of hydrogen-bond acceptors (Lipinski definition) is 1. The summed E-state index contributed by atoms with van der Waals surface area (Å²) in [6.07, 6.45) is 5.30. The zero-order valence-corrected chi connectivity index (χ0v) is 13.6. The fraction of sp³-hybridized carbons (Fsp3) is 0.400. The molecule has 2 aromatic carbocycles. The molecule has 2 heteroatoms. The third kappa shape index (κ3) is 3.50. The number of hydrogen-bond donors (Lipinski definition) is 0. The molecule has 3 rings (SSSR count). The molecule has 0 aromatic heterocycles. The van der Waals surface area contributed by atoms with Gasteiger partial charge in [0.15, 0.2) is 6.67 Å². The van der Waals surface area contributed by atoms with Gasteiger partial charge in [-0.1, -0.05) is 42.8 Å². The Kier molecular flexibility index (Phi) is 4.79. The van der Waals surface area contributed by atoms with E-state index in [0.717, 1.165) is 17.7 Å². The lowest BCUT2D eigenvalue weighted by Gasteiger charge is -2.38. The second-order valence-electron chi connectivity index (χ2n) is 6.61. The predicted octanol–water partition coefficient (Wildman–Crippen LogP) is 4.66. The van der Waals surface area contributed by atoms with Gasteiger partial charge >= 0.3 is 0 Å². The second-order valence-corrected chi connectivity index (χ2v) is 6.61. The van der Waals surface area contributed by atoms with Crippen LogP contribution in [0.5, 0.6) is 0 Å². The summed E-state index contributed by atoms with van der Waals surface area (Å²) in [6, 6.07) is 21.9. The highest BCUT2D eigenvalue weighted by Crippen LogP contribution is 2.26. The third-order valence-corrected chi connectivity index (χ3v) is 4.81. The Bertz CT molecular complexity index is 567. The Balaban J connectivity index is 1.90. The van der Waals surface area contributed by atoms with Crippen LogP contribution in [0.3, 0.4) is 0 Å². The van der Waals surface area contributed by atoms with Crippen LogP contribution >= 0.6 is 0 Å². The lowest BCUT2D eigenvalue weighted by Crippen LogP contribution is -2.53. The van der Waals surface area contributed by atoms with Crippen molar-refractivity contribution in [3.63, 3.8) is 0 Å². The van der Waals surface area contributed by atoms with Crippen LogP contribution in [-0.4, -0.2) is 26.8 Å². The molecule has 1 heterocycles. The van der Waals surface area contributed by atoms with E-state index in [4.69, 9.17) is 0 Å². The summed E-state index contributed by atoms with van der Waals surface area (Å²) < 4.78 is 0.996. The number of anilines is 1. The molecule has 1 fully saturated rings. The fourth-order valence-corrected chi connectivity index (χ4v) is 3.48. The zero-order valence-electron chi connectivity index (χ0n) is 13.6. The molecule has 0 radical (unpaired) electrons. The molecule has 0 bridgehead atoms. The summed E-state index contributed by atoms with van der Waals surface area (Å²) >= 11 is 0. The van der Waals surface area contributed by atoms with Gasteiger partial charge in [0, 0.05) is 12.2 Å². The predicted molar refractivity (Wildman–Crippen MR) is 96.2 cm³/mol. The van der Waals surface area contributed by atoms with Gasteiger partial charge < -0.3 is 4.90 Å². The van der Waals surface area contributed by atoms with Crippen LogP contribution in [0.25, 0.3) is 0 Å². The van der Waals surface area contributed by atoms with E-state index in [1.54, 1.807) is 0 Å². The maximum Gasteiger partial charge on any atom is 0.159 e. The average molecular weight is 295 g/mol. The number of nitrogens with zero attached hydrogens (tertiary/aromatic N) is 2. The van der Waals surface area contributed by atoms with Crippen LogP contribution in [0, 0.1) is 0 Å². The molecule has 1 aliphatic heterocycles. The van der Waals surface area contributed by atoms with Crippen LogP contribution in [-0.2, 0) is 0 Å². The van der Waals surface area contributed by atoms with Crippen LogP contribution in [0.15, 0.2) is 60.7 Å². The molecule has 1 aliphatic rings. The number of benzene rings is 2. The summed E-state index contributed by atoms with van der Waals surface area (Å²) in [5.41, 5.74) is 2.77. The van der Waals surface area contributed by atoms with Gasteiger partial charge in [-0.05, 0) is 43.5 Å². The standard InChI is InChI=1S/C20H27N2/c1-22(20-14-8-5-9-15-20)17-11-3-2-10-16-21(18-22)19-12-6-4-7-13-19/h4-9,12-15H,2-3,10-11,16-18H2,1H3/q+1. The summed E-state index contributed by atoms with van der Waals surface area (Å²) in [7, 11) is 2.39. The molecular formula is C20H27N2+. The molecule has 0 spiro atoms. The van der Waals surface area contributed by atoms with E-state index >= 15 is 0 Å². The first-order chi connectivity index (χ1) is 10.8. The molecule has 1 atom stereocenters. The second kappa shape index (κ2) is 6.97. The molecule has 2 aromatic rings. The van der Waals surface area contributed by atoms with E-state index in [1.165, 1.54) is 43.6 Å². The highest BCUT2D eigenvalue weighted by molar-refractivity contribution is 5.49. The van der Waals surface area contributed by atoms with E-state index in [0.29, 0.717) is 0 Å². The van der Waals surface area contributed by atoms with Gasteiger partial charge in [0.2, 0.25) is 0 Å². The fourth-order valence-electron chi connectivity index (χ4n) is 3.48. The molecule has 0 aliphatic carbocycles. The maximum absolute atomic E-state index is 2.57. The topological polar surface area (TPSA) is 3.24 Å². The quantitative estimate of drug-likeness (QED) is 0.728. The Hall–Kier alpha value is -1.80. The van der Waals surface area contributed by atoms with E-state index in [9.17, 15) is 0 Å². The Morgan fingerprint density at radius 1 is 0.773 bits per heavy atom. The minimum atomic E-state index is 0.996. The largest absolute Gasteiger partial charge is 0.325 e. The molecule has 116 valence electrons. The zero-order chi connectivity index (χ0) is 15.3. The summed E-state index contributed by atoms with van der Waals surface area (Å²) in [5, 5.41) is 0. The maximum atomic E-state index is 2.57. The molecular weight excluding hydrogens is 268 g/mol. The van der Waals surface area contributed by atoms with Crippen LogP contribution in [0.2, 0.25) is 0 Å². The van der Waals surface area contributed by atoms with E-state index in [1.807, 2.05) is 0 Å². The van der Waals surface area contributed by atoms with Crippen molar-refractivity contribution in [2.24, 2.45) is 0 Å². The van der Waals surface area contributed by atoms with Crippen molar-refractivity contribution in [1.82, 2.24) is 4.48 Å². The molecule has 0 N–H and O–H groups in total. The summed E-state index contributed by atoms with van der Waals surface area (Å²) in [4.78, 5) is 2.57. The van der Waals surface area contributed by atoms with Gasteiger partial charge in [-0.15, -0.1) is 0 Å². The highest BCUT2D eigenvalue weighted by Gasteiger charge is 2.28. The molecule has 22 heavy (non-hydrogen) atoms. The Morgan fingerprint density at radius 2 is 1.41 bits per heavy atom. The first-order valence-corrected chi connectivity index (χ1v) is 8.48. The van der Waals surface area contributed by atoms with E-state index < -0.39 is 0 Å². The van der Waals surface area contributed by atoms with Crippen molar-refractivity contribution in [2.45, 2.75) is 25.7 Å². The van der Waals surface area contributed by atoms with Gasteiger partial charge in [-0.3, -0.25) is 4.48 Å². The lowest BCUT2D eigenvalue weighted by molar-refractivity contribution is 0.325. The summed E-state index contributed by atoms with van der Waals surface area (Å²) in [5.74, 6) is 0. The van der Waals surface area contributed by atoms with Gasteiger partial charge in [0.25, 0.3) is 0 Å². The number of para-hydroxylation sites is 2. The molecule has 0 saturated carbocycles. The van der Waals surface area contributed by atoms with Crippen LogP contribution in [0.1, 0.15) is 25.7 Å². The smallest absolute Gasteiger partial charge is 0.159 e. The molecule has 2 nitrogen and oxygen atoms in total. The molecule has 1 unspecified atom stereocenters. The van der Waals surface area contributed by atoms with E-state index in [2.05, 4.69) is 72.6 Å². The van der Waals surface area contributed by atoms with Crippen molar-refractivity contribution in [2.75, 3.05) is 31.7 Å². The minimum Gasteiger partial charge on any atom is -0.325 e. The SMILES string of the molecule is C[N+]1(c2ccccc2)CCCCCCN(c2ccccc2)C1. The summed E-state index contributed by atoms with van der Waals surface area (Å²) in [6.45, 7) is 3.42. The first kappa shape index (κ1) is 15.1. The average Bonchev–Trinajstić information content (AvgIpc) is 2.68. The van der Waals surface area contributed by atoms with Crippen molar-refractivity contribution in [1.29, 1.82) is 0 Å². The van der Waals surface area contributed by atoms with Crippen LogP contribution < -0.4 is 9.38 Å². The van der Waals surface area contributed by atoms with Crippen molar-refractivity contribution < 1.29 is 0 Å². The molecule has 0 amide bonds. The van der Waals surface area contributed by atoms with Gasteiger partial charge in [-0.25, -0.2) is 0 Å². The first-order valence-electron chi connectivity index (χ1n) is 8.48. The van der Waals surface area contributed by atoms with Crippen molar-refractivity contribution in [3.8, 4) is 0 Å². The Morgan fingerprint density at radius 3 is 2.14 bits per heavy atom. The minimum absolute atomic E-state index is 0.996. The lowest BCUT2D eigenvalue weighted by atomic mass is 10.1.